The number of fused-ring (bicyclic) bond motifs is 5. The van der Waals surface area contributed by atoms with Gasteiger partial charge in [-0.2, -0.15) is 0 Å². The van der Waals surface area contributed by atoms with Crippen LogP contribution < -0.4 is 5.32 Å². The van der Waals surface area contributed by atoms with E-state index in [1.807, 2.05) is 28.7 Å². The molecule has 11 atom stereocenters. The first-order chi connectivity index (χ1) is 26.5. The third-order valence-electron chi connectivity index (χ3n) is 12.9. The summed E-state index contributed by atoms with van der Waals surface area (Å²) in [6.07, 6.45) is -7.81. The molecule has 5 N–H and O–H groups in total. The van der Waals surface area contributed by atoms with Crippen molar-refractivity contribution in [1.29, 1.82) is 0 Å². The van der Waals surface area contributed by atoms with E-state index in [4.69, 9.17) is 14.2 Å². The molecule has 0 aromatic heterocycles. The first-order valence-electron chi connectivity index (χ1n) is 18.7. The van der Waals surface area contributed by atoms with Crippen LogP contribution in [0, 0.1) is 16.7 Å². The molecule has 1 saturated heterocycles. The van der Waals surface area contributed by atoms with Gasteiger partial charge in [0.15, 0.2) is 5.78 Å². The molecule has 2 saturated carbocycles. The fourth-order valence-corrected chi connectivity index (χ4v) is 10.3. The standard InChI is InChI=1S/C43H46INO11/c1-23-27(55-39(51)31(44)32(24-14-8-5-9-15-24)45-37(49)25-16-10-6-11-17-25)21-43(53)36(56-38(50)26-18-12-7-13-19-26)34-41(4,28(46)20-29-42(34,52)22-54-29)35(48)33(47)30(23)40(43,2)3/h5-19,27-29,31-34,36,46-47,52-53H,20-22H2,1-4H3,(H,45,49)/t27?,28?,29?,31?,32?,33?,34?,36?,41-,42?,43?/m1/s1. The zero-order valence-electron chi connectivity index (χ0n) is 31.4. The molecule has 3 aromatic carbocycles. The highest BCUT2D eigenvalue weighted by Crippen LogP contribution is 2.63. The van der Waals surface area contributed by atoms with Gasteiger partial charge < -0.3 is 40.0 Å². The van der Waals surface area contributed by atoms with Crippen molar-refractivity contribution < 1.29 is 53.8 Å². The van der Waals surface area contributed by atoms with E-state index in [0.29, 0.717) is 16.7 Å². The number of carbonyl (C=O) groups excluding carboxylic acids is 4. The van der Waals surface area contributed by atoms with Gasteiger partial charge in [-0.05, 0) is 54.8 Å². The number of ether oxygens (including phenoxy) is 3. The van der Waals surface area contributed by atoms with Crippen LogP contribution in [0.4, 0.5) is 0 Å². The van der Waals surface area contributed by atoms with Gasteiger partial charge in [0.05, 0.1) is 35.8 Å². The van der Waals surface area contributed by atoms with E-state index >= 15 is 0 Å². The Morgan fingerprint density at radius 1 is 0.875 bits per heavy atom. The Bertz CT molecular complexity index is 2040. The van der Waals surface area contributed by atoms with Gasteiger partial charge in [-0.3, -0.25) is 14.4 Å². The van der Waals surface area contributed by atoms with Crippen LogP contribution in [0.25, 0.3) is 0 Å². The summed E-state index contributed by atoms with van der Waals surface area (Å²) in [6, 6.07) is 24.6. The van der Waals surface area contributed by atoms with Crippen LogP contribution in [-0.4, -0.2) is 96.3 Å². The molecule has 13 heteroatoms. The summed E-state index contributed by atoms with van der Waals surface area (Å²) in [6.45, 7) is 5.96. The zero-order chi connectivity index (χ0) is 40.4. The van der Waals surface area contributed by atoms with Gasteiger partial charge in [-0.15, -0.1) is 0 Å². The second-order valence-electron chi connectivity index (χ2n) is 16.2. The molecule has 1 aliphatic heterocycles. The summed E-state index contributed by atoms with van der Waals surface area (Å²) in [5, 5.41) is 52.4. The van der Waals surface area contributed by atoms with Crippen molar-refractivity contribution in [3.8, 4) is 0 Å². The highest BCUT2D eigenvalue weighted by molar-refractivity contribution is 14.1. The number of hydrogen-bond donors (Lipinski definition) is 5. The second-order valence-corrected chi connectivity index (χ2v) is 17.5. The molecule has 4 aliphatic rings. The molecular formula is C43H46INO11. The van der Waals surface area contributed by atoms with Gasteiger partial charge in [-0.25, -0.2) is 4.79 Å². The molecule has 3 aromatic rings. The Hall–Kier alpha value is -3.99. The number of halogens is 1. The monoisotopic (exact) mass is 879 g/mol. The van der Waals surface area contributed by atoms with Crippen molar-refractivity contribution in [2.75, 3.05) is 6.61 Å². The lowest BCUT2D eigenvalue weighted by atomic mass is 9.44. The zero-order valence-corrected chi connectivity index (χ0v) is 33.6. The minimum atomic E-state index is -2.22. The lowest BCUT2D eigenvalue weighted by Crippen LogP contribution is -2.81. The van der Waals surface area contributed by atoms with Crippen molar-refractivity contribution in [3.63, 3.8) is 0 Å². The number of benzene rings is 3. The van der Waals surface area contributed by atoms with Crippen LogP contribution in [0.5, 0.6) is 0 Å². The van der Waals surface area contributed by atoms with Crippen molar-refractivity contribution >= 4 is 46.2 Å². The summed E-state index contributed by atoms with van der Waals surface area (Å²) in [7, 11) is 0. The number of carbonyl (C=O) groups is 4. The Labute approximate surface area is 338 Å². The average Bonchev–Trinajstić information content (AvgIpc) is 3.19. The smallest absolute Gasteiger partial charge is 0.338 e. The van der Waals surface area contributed by atoms with Gasteiger partial charge in [0.25, 0.3) is 5.91 Å². The molecule has 56 heavy (non-hydrogen) atoms. The minimum Gasteiger partial charge on any atom is -0.457 e. The van der Waals surface area contributed by atoms with Crippen molar-refractivity contribution in [1.82, 2.24) is 5.32 Å². The fraction of sp³-hybridized carbons (Fsp3) is 0.442. The number of aliphatic hydroxyl groups is 4. The average molecular weight is 880 g/mol. The number of rotatable bonds is 8. The normalized spacial score (nSPS) is 34.3. The molecule has 296 valence electrons. The maximum atomic E-state index is 14.8. The molecule has 12 nitrogen and oxygen atoms in total. The van der Waals surface area contributed by atoms with Crippen LogP contribution >= 0.6 is 22.6 Å². The highest BCUT2D eigenvalue weighted by atomic mass is 127. The molecule has 1 amide bonds. The summed E-state index contributed by atoms with van der Waals surface area (Å²) in [5.41, 5.74) is -6.04. The number of ketones is 1. The quantitative estimate of drug-likeness (QED) is 0.0952. The van der Waals surface area contributed by atoms with Crippen LogP contribution in [0.2, 0.25) is 0 Å². The topological polar surface area (TPSA) is 189 Å². The van der Waals surface area contributed by atoms with E-state index in [-0.39, 0.29) is 30.6 Å². The van der Waals surface area contributed by atoms with Gasteiger partial charge >= 0.3 is 11.9 Å². The van der Waals surface area contributed by atoms with Crippen LogP contribution in [0.15, 0.2) is 102 Å². The largest absolute Gasteiger partial charge is 0.457 e. The molecular weight excluding hydrogens is 833 g/mol. The van der Waals surface area contributed by atoms with E-state index in [1.165, 1.54) is 19.1 Å². The van der Waals surface area contributed by atoms with Gasteiger partial charge in [0.2, 0.25) is 0 Å². The third-order valence-corrected chi connectivity index (χ3v) is 14.1. The molecule has 2 bridgehead atoms. The number of hydrogen-bond acceptors (Lipinski definition) is 11. The number of nitrogens with one attached hydrogen (secondary N) is 1. The Kier molecular flexibility index (Phi) is 10.6. The Morgan fingerprint density at radius 3 is 2.02 bits per heavy atom. The van der Waals surface area contributed by atoms with E-state index < -0.39 is 92.1 Å². The number of aliphatic hydroxyl groups excluding tert-OH is 2. The predicted molar refractivity (Wildman–Crippen MR) is 210 cm³/mol. The number of esters is 2. The first kappa shape index (κ1) is 40.2. The number of Topliss-reactive ketones (excluding diaryl/α,β-unsaturated/α-hetero) is 1. The minimum absolute atomic E-state index is 0.0441. The van der Waals surface area contributed by atoms with Crippen molar-refractivity contribution in [2.24, 2.45) is 16.7 Å². The molecule has 0 radical (unpaired) electrons. The second kappa shape index (κ2) is 14.7. The summed E-state index contributed by atoms with van der Waals surface area (Å²) in [4.78, 5) is 56.4. The lowest BCUT2D eigenvalue weighted by molar-refractivity contribution is -0.343. The maximum Gasteiger partial charge on any atom is 0.338 e. The van der Waals surface area contributed by atoms with Crippen LogP contribution in [0.1, 0.15) is 72.9 Å². The number of alkyl halides is 1. The van der Waals surface area contributed by atoms with E-state index in [1.54, 1.807) is 93.6 Å². The summed E-state index contributed by atoms with van der Waals surface area (Å²) < 4.78 is 17.2. The molecule has 1 heterocycles. The van der Waals surface area contributed by atoms with Gasteiger partial charge in [0, 0.05) is 29.7 Å². The highest BCUT2D eigenvalue weighted by Gasteiger charge is 2.76. The first-order valence-corrected chi connectivity index (χ1v) is 19.9. The maximum absolute atomic E-state index is 14.8. The van der Waals surface area contributed by atoms with Gasteiger partial charge in [0.1, 0.15) is 33.4 Å². The van der Waals surface area contributed by atoms with Crippen molar-refractivity contribution in [3.05, 3.63) is 119 Å². The molecule has 3 fully saturated rings. The van der Waals surface area contributed by atoms with Gasteiger partial charge in [-0.1, -0.05) is 103 Å². The molecule has 0 spiro atoms. The van der Waals surface area contributed by atoms with E-state index in [9.17, 15) is 39.6 Å². The molecule has 7 rings (SSSR count). The van der Waals surface area contributed by atoms with Crippen LogP contribution in [-0.2, 0) is 23.8 Å². The van der Waals surface area contributed by atoms with Crippen molar-refractivity contribution in [2.45, 2.75) is 92.2 Å². The fourth-order valence-electron chi connectivity index (χ4n) is 9.52. The Balaban J connectivity index is 1.31. The van der Waals surface area contributed by atoms with Crippen LogP contribution in [0.3, 0.4) is 0 Å². The summed E-state index contributed by atoms with van der Waals surface area (Å²) in [5.74, 6) is -4.35. The summed E-state index contributed by atoms with van der Waals surface area (Å²) >= 11 is 1.91. The van der Waals surface area contributed by atoms with E-state index in [0.717, 1.165) is 0 Å². The molecule has 3 aliphatic carbocycles. The molecule has 10 unspecified atom stereocenters. The van der Waals surface area contributed by atoms with E-state index in [2.05, 4.69) is 5.32 Å². The number of amides is 1. The third kappa shape index (κ3) is 6.31. The lowest BCUT2D eigenvalue weighted by Gasteiger charge is -2.66. The SMILES string of the molecule is CC1=C2C(O)C(=O)[C@]3(C)C(O)CC4OCC4(O)C3C(OC(=O)c3ccccc3)C(O)(CC1OC(=O)C(I)C(NC(=O)c1ccccc1)c1ccccc1)C2(C)C. The predicted octanol–water partition coefficient (Wildman–Crippen LogP) is 4.04. The Morgan fingerprint density at radius 2 is 1.45 bits per heavy atom.